The van der Waals surface area contributed by atoms with Crippen LogP contribution in [-0.2, 0) is 19.4 Å². The second-order valence-corrected chi connectivity index (χ2v) is 8.36. The summed E-state index contributed by atoms with van der Waals surface area (Å²) in [5.74, 6) is 1.11. The SMILES string of the molecule is COc1ccc(OC)c(CN(C(=O)c2nn(-c3ccc(F)cc3)c3c2CCC3)C2CC2)c1. The van der Waals surface area contributed by atoms with Gasteiger partial charge in [0.15, 0.2) is 5.69 Å². The number of nitrogens with zero attached hydrogens (tertiary/aromatic N) is 3. The van der Waals surface area contributed by atoms with Gasteiger partial charge in [0.25, 0.3) is 5.91 Å². The van der Waals surface area contributed by atoms with Gasteiger partial charge in [0.1, 0.15) is 17.3 Å². The van der Waals surface area contributed by atoms with Crippen LogP contribution in [0.15, 0.2) is 42.5 Å². The Bertz CT molecular complexity index is 1150. The number of hydrogen-bond donors (Lipinski definition) is 0. The highest BCUT2D eigenvalue weighted by atomic mass is 19.1. The number of carbonyl (C=O) groups excluding carboxylic acids is 1. The zero-order valence-electron chi connectivity index (χ0n) is 18.3. The quantitative estimate of drug-likeness (QED) is 0.555. The van der Waals surface area contributed by atoms with Gasteiger partial charge in [-0.05, 0) is 74.6 Å². The first-order valence-electron chi connectivity index (χ1n) is 11.0. The molecule has 2 aliphatic rings. The van der Waals surface area contributed by atoms with E-state index in [4.69, 9.17) is 14.6 Å². The van der Waals surface area contributed by atoms with Gasteiger partial charge in [-0.3, -0.25) is 4.79 Å². The smallest absolute Gasteiger partial charge is 0.275 e. The first-order valence-corrected chi connectivity index (χ1v) is 11.0. The number of amides is 1. The second kappa shape index (κ2) is 8.30. The van der Waals surface area contributed by atoms with Crippen LogP contribution in [-0.4, -0.2) is 40.8 Å². The Balaban J connectivity index is 1.50. The lowest BCUT2D eigenvalue weighted by molar-refractivity contribution is 0.0721. The molecule has 1 aromatic heterocycles. The molecule has 0 aliphatic heterocycles. The van der Waals surface area contributed by atoms with Gasteiger partial charge in [0.05, 0.1) is 26.5 Å². The van der Waals surface area contributed by atoms with Crippen molar-refractivity contribution >= 4 is 5.91 Å². The monoisotopic (exact) mass is 435 g/mol. The maximum absolute atomic E-state index is 13.8. The van der Waals surface area contributed by atoms with E-state index in [1.54, 1.807) is 26.4 Å². The fourth-order valence-electron chi connectivity index (χ4n) is 4.48. The van der Waals surface area contributed by atoms with Crippen LogP contribution in [0.5, 0.6) is 11.5 Å². The molecule has 1 heterocycles. The van der Waals surface area contributed by atoms with Gasteiger partial charge >= 0.3 is 0 Å². The van der Waals surface area contributed by atoms with Crippen LogP contribution in [0, 0.1) is 5.82 Å². The molecule has 2 aliphatic carbocycles. The maximum atomic E-state index is 13.8. The average Bonchev–Trinajstić information content (AvgIpc) is 3.43. The summed E-state index contributed by atoms with van der Waals surface area (Å²) in [6.07, 6.45) is 4.65. The maximum Gasteiger partial charge on any atom is 0.275 e. The molecule has 0 N–H and O–H groups in total. The molecule has 0 unspecified atom stereocenters. The number of benzene rings is 2. The molecule has 6 nitrogen and oxygen atoms in total. The minimum Gasteiger partial charge on any atom is -0.497 e. The third-order valence-corrected chi connectivity index (χ3v) is 6.28. The summed E-state index contributed by atoms with van der Waals surface area (Å²) >= 11 is 0. The third kappa shape index (κ3) is 3.72. The molecule has 32 heavy (non-hydrogen) atoms. The zero-order chi connectivity index (χ0) is 22.2. The number of carbonyl (C=O) groups is 1. The average molecular weight is 435 g/mol. The number of methoxy groups -OCH3 is 2. The van der Waals surface area contributed by atoms with Crippen molar-refractivity contribution < 1.29 is 18.7 Å². The summed E-state index contributed by atoms with van der Waals surface area (Å²) in [6.45, 7) is 0.433. The summed E-state index contributed by atoms with van der Waals surface area (Å²) < 4.78 is 26.1. The summed E-state index contributed by atoms with van der Waals surface area (Å²) in [5.41, 5.74) is 4.26. The van der Waals surface area contributed by atoms with Gasteiger partial charge in [-0.2, -0.15) is 5.10 Å². The molecule has 1 fully saturated rings. The van der Waals surface area contributed by atoms with Gasteiger partial charge in [-0.1, -0.05) is 0 Å². The van der Waals surface area contributed by atoms with Crippen molar-refractivity contribution in [1.29, 1.82) is 0 Å². The van der Waals surface area contributed by atoms with E-state index in [2.05, 4.69) is 0 Å². The molecule has 0 bridgehead atoms. The van der Waals surface area contributed by atoms with E-state index in [9.17, 15) is 9.18 Å². The van der Waals surface area contributed by atoms with Gasteiger partial charge in [-0.15, -0.1) is 0 Å². The fraction of sp³-hybridized carbons (Fsp3) is 0.360. The topological polar surface area (TPSA) is 56.6 Å². The Morgan fingerprint density at radius 2 is 1.91 bits per heavy atom. The van der Waals surface area contributed by atoms with E-state index in [0.717, 1.165) is 66.1 Å². The fourth-order valence-corrected chi connectivity index (χ4v) is 4.48. The molecule has 166 valence electrons. The van der Waals surface area contributed by atoms with E-state index in [-0.39, 0.29) is 17.8 Å². The van der Waals surface area contributed by atoms with Crippen LogP contribution in [0.2, 0.25) is 0 Å². The van der Waals surface area contributed by atoms with Gasteiger partial charge in [0.2, 0.25) is 0 Å². The lowest BCUT2D eigenvalue weighted by atomic mass is 10.1. The Hall–Kier alpha value is -3.35. The van der Waals surface area contributed by atoms with Crippen molar-refractivity contribution in [2.24, 2.45) is 0 Å². The minimum atomic E-state index is -0.291. The predicted molar refractivity (Wildman–Crippen MR) is 118 cm³/mol. The van der Waals surface area contributed by atoms with Crippen molar-refractivity contribution in [2.75, 3.05) is 14.2 Å². The summed E-state index contributed by atoms with van der Waals surface area (Å²) in [5, 5.41) is 4.73. The van der Waals surface area contributed by atoms with E-state index in [0.29, 0.717) is 12.2 Å². The Morgan fingerprint density at radius 1 is 1.12 bits per heavy atom. The third-order valence-electron chi connectivity index (χ3n) is 6.28. The van der Waals surface area contributed by atoms with E-state index in [1.807, 2.05) is 27.8 Å². The van der Waals surface area contributed by atoms with Crippen LogP contribution in [0.4, 0.5) is 4.39 Å². The van der Waals surface area contributed by atoms with Crippen molar-refractivity contribution in [2.45, 2.75) is 44.7 Å². The Kier molecular flexibility index (Phi) is 5.33. The summed E-state index contributed by atoms with van der Waals surface area (Å²) in [4.78, 5) is 15.7. The van der Waals surface area contributed by atoms with Crippen LogP contribution < -0.4 is 9.47 Å². The van der Waals surface area contributed by atoms with Crippen LogP contribution in [0.3, 0.4) is 0 Å². The van der Waals surface area contributed by atoms with Gasteiger partial charge in [-0.25, -0.2) is 9.07 Å². The van der Waals surface area contributed by atoms with Crippen LogP contribution in [0.25, 0.3) is 5.69 Å². The first kappa shape index (κ1) is 20.5. The first-order chi connectivity index (χ1) is 15.6. The lowest BCUT2D eigenvalue weighted by Gasteiger charge is -2.23. The molecule has 1 amide bonds. The van der Waals surface area contributed by atoms with E-state index >= 15 is 0 Å². The van der Waals surface area contributed by atoms with Gasteiger partial charge in [0, 0.05) is 22.9 Å². The van der Waals surface area contributed by atoms with Crippen molar-refractivity contribution in [3.8, 4) is 17.2 Å². The predicted octanol–water partition coefficient (Wildman–Crippen LogP) is 4.32. The van der Waals surface area contributed by atoms with Gasteiger partial charge < -0.3 is 14.4 Å². The Morgan fingerprint density at radius 3 is 2.59 bits per heavy atom. The molecule has 7 heteroatoms. The normalized spacial score (nSPS) is 14.8. The summed E-state index contributed by atoms with van der Waals surface area (Å²) in [7, 11) is 3.26. The van der Waals surface area contributed by atoms with Crippen LogP contribution >= 0.6 is 0 Å². The van der Waals surface area contributed by atoms with Crippen LogP contribution in [0.1, 0.15) is 46.6 Å². The number of aromatic nitrogens is 2. The lowest BCUT2D eigenvalue weighted by Crippen LogP contribution is -2.33. The second-order valence-electron chi connectivity index (χ2n) is 8.36. The minimum absolute atomic E-state index is 0.0589. The molecule has 3 aromatic rings. The number of halogens is 1. The van der Waals surface area contributed by atoms with Crippen molar-refractivity contribution in [3.63, 3.8) is 0 Å². The van der Waals surface area contributed by atoms with Crippen molar-refractivity contribution in [1.82, 2.24) is 14.7 Å². The molecule has 1 saturated carbocycles. The molecule has 5 rings (SSSR count). The molecular weight excluding hydrogens is 409 g/mol. The highest BCUT2D eigenvalue weighted by Gasteiger charge is 2.37. The highest BCUT2D eigenvalue weighted by molar-refractivity contribution is 5.94. The number of ether oxygens (including phenoxy) is 2. The standard InChI is InChI=1S/C25H26FN3O3/c1-31-20-12-13-23(32-2)16(14-20)15-28(18-10-11-18)25(30)24-21-4-3-5-22(21)29(27-24)19-8-6-17(26)7-9-19/h6-9,12-14,18H,3-5,10-11,15H2,1-2H3. The van der Waals surface area contributed by atoms with Crippen molar-refractivity contribution in [3.05, 3.63) is 70.8 Å². The molecule has 0 saturated heterocycles. The van der Waals surface area contributed by atoms with E-state index < -0.39 is 0 Å². The zero-order valence-corrected chi connectivity index (χ0v) is 18.3. The number of fused-ring (bicyclic) bond motifs is 1. The molecular formula is C25H26FN3O3. The Labute approximate surface area is 186 Å². The highest BCUT2D eigenvalue weighted by Crippen LogP contribution is 2.35. The molecule has 0 atom stereocenters. The molecule has 2 aromatic carbocycles. The van der Waals surface area contributed by atoms with E-state index in [1.165, 1.54) is 12.1 Å². The largest absolute Gasteiger partial charge is 0.497 e. The number of hydrogen-bond acceptors (Lipinski definition) is 4. The molecule has 0 spiro atoms. The number of rotatable bonds is 7. The summed E-state index contributed by atoms with van der Waals surface area (Å²) in [6, 6.07) is 12.1. The molecule has 0 radical (unpaired) electrons.